The second-order valence-electron chi connectivity index (χ2n) is 5.16. The summed E-state index contributed by atoms with van der Waals surface area (Å²) >= 11 is 6.98. The lowest BCUT2D eigenvalue weighted by Gasteiger charge is -2.12. The molecule has 1 amide bonds. The number of halogens is 2. The van der Waals surface area contributed by atoms with Crippen LogP contribution in [0.3, 0.4) is 0 Å². The predicted molar refractivity (Wildman–Crippen MR) is 103 cm³/mol. The van der Waals surface area contributed by atoms with Crippen LogP contribution in [-0.2, 0) is 4.79 Å². The maximum Gasteiger partial charge on any atom is 0.256 e. The summed E-state index contributed by atoms with van der Waals surface area (Å²) in [5, 5.41) is 2.88. The summed E-state index contributed by atoms with van der Waals surface area (Å²) in [5.41, 5.74) is 3.14. The lowest BCUT2D eigenvalue weighted by molar-refractivity contribution is -0.110. The van der Waals surface area contributed by atoms with Gasteiger partial charge in [-0.2, -0.15) is 0 Å². The molecule has 2 aromatic carbocycles. The van der Waals surface area contributed by atoms with Gasteiger partial charge >= 0.3 is 0 Å². The Kier molecular flexibility index (Phi) is 4.96. The number of ether oxygens (including phenoxy) is 2. The molecule has 6 heteroatoms. The van der Waals surface area contributed by atoms with Crippen molar-refractivity contribution in [2.24, 2.45) is 0 Å². The largest absolute Gasteiger partial charge is 0.493 e. The van der Waals surface area contributed by atoms with Crippen molar-refractivity contribution < 1.29 is 14.3 Å². The monoisotopic (exact) mass is 451 g/mol. The Morgan fingerprint density at radius 2 is 1.96 bits per heavy atom. The lowest BCUT2D eigenvalue weighted by atomic mass is 10.0. The highest BCUT2D eigenvalue weighted by Crippen LogP contribution is 2.39. The molecule has 1 N–H and O–H groups in total. The van der Waals surface area contributed by atoms with Gasteiger partial charge in [0, 0.05) is 25.8 Å². The highest BCUT2D eigenvalue weighted by atomic mass is 79.9. The van der Waals surface area contributed by atoms with Gasteiger partial charge in [0.1, 0.15) is 0 Å². The van der Waals surface area contributed by atoms with E-state index < -0.39 is 0 Å². The zero-order valence-electron chi connectivity index (χ0n) is 13.2. The normalized spacial score (nSPS) is 14.5. The third kappa shape index (κ3) is 3.21. The van der Waals surface area contributed by atoms with Crippen molar-refractivity contribution >= 4 is 55.1 Å². The summed E-state index contributed by atoms with van der Waals surface area (Å²) < 4.78 is 12.7. The van der Waals surface area contributed by atoms with E-state index in [0.717, 1.165) is 25.8 Å². The minimum atomic E-state index is -0.122. The summed E-state index contributed by atoms with van der Waals surface area (Å²) in [4.78, 5) is 12.3. The number of amides is 1. The third-order valence-corrected chi connectivity index (χ3v) is 4.83. The van der Waals surface area contributed by atoms with Gasteiger partial charge in [0.2, 0.25) is 0 Å². The number of hydrogen-bond acceptors (Lipinski definition) is 3. The maximum atomic E-state index is 12.3. The van der Waals surface area contributed by atoms with E-state index in [2.05, 4.69) is 37.2 Å². The molecule has 0 atom stereocenters. The van der Waals surface area contributed by atoms with E-state index in [9.17, 15) is 4.79 Å². The fourth-order valence-corrected chi connectivity index (χ4v) is 3.35. The van der Waals surface area contributed by atoms with Crippen LogP contribution in [0.4, 0.5) is 5.69 Å². The van der Waals surface area contributed by atoms with Crippen LogP contribution in [0, 0.1) is 0 Å². The van der Waals surface area contributed by atoms with E-state index in [0.29, 0.717) is 23.7 Å². The Morgan fingerprint density at radius 1 is 1.17 bits per heavy atom. The Labute approximate surface area is 157 Å². The molecule has 0 aliphatic carbocycles. The van der Waals surface area contributed by atoms with Crippen LogP contribution in [0.15, 0.2) is 39.3 Å². The van der Waals surface area contributed by atoms with E-state index >= 15 is 0 Å². The van der Waals surface area contributed by atoms with E-state index in [1.807, 2.05) is 43.3 Å². The van der Waals surface area contributed by atoms with Gasteiger partial charge in [0.25, 0.3) is 5.91 Å². The molecule has 1 aliphatic heterocycles. The standard InChI is InChI=1S/C18H15Br2NO3/c1-3-24-17-7-10(14(20)9-16(17)23-2)6-13-12-8-11(19)4-5-15(12)21-18(13)22/h4-9H,3H2,1-2H3,(H,21,22)/b13-6+. The van der Waals surface area contributed by atoms with E-state index in [4.69, 9.17) is 9.47 Å². The van der Waals surface area contributed by atoms with Crippen molar-refractivity contribution in [1.82, 2.24) is 0 Å². The summed E-state index contributed by atoms with van der Waals surface area (Å²) in [5.74, 6) is 1.16. The maximum absolute atomic E-state index is 12.3. The van der Waals surface area contributed by atoms with Gasteiger partial charge in [-0.3, -0.25) is 4.79 Å². The van der Waals surface area contributed by atoms with Gasteiger partial charge in [-0.15, -0.1) is 0 Å². The zero-order chi connectivity index (χ0) is 17.3. The van der Waals surface area contributed by atoms with Crippen molar-refractivity contribution in [3.05, 3.63) is 50.4 Å². The summed E-state index contributed by atoms with van der Waals surface area (Å²) in [6.45, 7) is 2.45. The number of carbonyl (C=O) groups is 1. The second-order valence-corrected chi connectivity index (χ2v) is 6.93. The molecule has 124 valence electrons. The second kappa shape index (κ2) is 6.99. The van der Waals surface area contributed by atoms with Gasteiger partial charge in [-0.1, -0.05) is 31.9 Å². The molecule has 1 aliphatic rings. The molecule has 0 saturated carbocycles. The first kappa shape index (κ1) is 17.0. The van der Waals surface area contributed by atoms with Crippen molar-refractivity contribution in [3.8, 4) is 11.5 Å². The molecule has 0 bridgehead atoms. The molecule has 4 nitrogen and oxygen atoms in total. The van der Waals surface area contributed by atoms with Gasteiger partial charge < -0.3 is 14.8 Å². The van der Waals surface area contributed by atoms with Crippen LogP contribution < -0.4 is 14.8 Å². The number of methoxy groups -OCH3 is 1. The first-order valence-electron chi connectivity index (χ1n) is 7.36. The Hall–Kier alpha value is -1.79. The SMILES string of the molecule is CCOc1cc(/C=C2/C(=O)Nc3ccc(Br)cc32)c(Br)cc1OC. The molecule has 0 fully saturated rings. The van der Waals surface area contributed by atoms with Crippen LogP contribution in [-0.4, -0.2) is 19.6 Å². The highest BCUT2D eigenvalue weighted by Gasteiger charge is 2.24. The molecule has 1 heterocycles. The van der Waals surface area contributed by atoms with Crippen LogP contribution in [0.5, 0.6) is 11.5 Å². The Bertz CT molecular complexity index is 846. The first-order chi connectivity index (χ1) is 11.5. The van der Waals surface area contributed by atoms with Gasteiger partial charge in [0.05, 0.1) is 13.7 Å². The van der Waals surface area contributed by atoms with Gasteiger partial charge in [0.15, 0.2) is 11.5 Å². The molecular formula is C18H15Br2NO3. The molecular weight excluding hydrogens is 438 g/mol. The molecule has 0 spiro atoms. The molecule has 0 radical (unpaired) electrons. The average molecular weight is 453 g/mol. The van der Waals surface area contributed by atoms with Crippen molar-refractivity contribution in [3.63, 3.8) is 0 Å². The number of nitrogens with one attached hydrogen (secondary N) is 1. The first-order valence-corrected chi connectivity index (χ1v) is 8.95. The molecule has 2 aromatic rings. The topological polar surface area (TPSA) is 47.6 Å². The smallest absolute Gasteiger partial charge is 0.256 e. The lowest BCUT2D eigenvalue weighted by Crippen LogP contribution is -2.03. The summed E-state index contributed by atoms with van der Waals surface area (Å²) in [6.07, 6.45) is 1.85. The number of rotatable bonds is 4. The van der Waals surface area contributed by atoms with Crippen LogP contribution in [0.1, 0.15) is 18.1 Å². The number of fused-ring (bicyclic) bond motifs is 1. The number of anilines is 1. The molecule has 24 heavy (non-hydrogen) atoms. The van der Waals surface area contributed by atoms with Crippen LogP contribution in [0.2, 0.25) is 0 Å². The molecule has 0 unspecified atom stereocenters. The van der Waals surface area contributed by atoms with Gasteiger partial charge in [-0.05, 0) is 48.9 Å². The van der Waals surface area contributed by atoms with Crippen molar-refractivity contribution in [2.75, 3.05) is 19.0 Å². The minimum Gasteiger partial charge on any atom is -0.493 e. The fourth-order valence-electron chi connectivity index (χ4n) is 2.55. The quantitative estimate of drug-likeness (QED) is 0.655. The van der Waals surface area contributed by atoms with Crippen LogP contribution in [0.25, 0.3) is 11.6 Å². The molecule has 0 aromatic heterocycles. The highest BCUT2D eigenvalue weighted by molar-refractivity contribution is 9.10. The summed E-state index contributed by atoms with van der Waals surface area (Å²) in [6, 6.07) is 9.42. The van der Waals surface area contributed by atoms with Gasteiger partial charge in [-0.25, -0.2) is 0 Å². The average Bonchev–Trinajstić information content (AvgIpc) is 2.86. The van der Waals surface area contributed by atoms with E-state index in [1.165, 1.54) is 0 Å². The minimum absolute atomic E-state index is 0.122. The Balaban J connectivity index is 2.10. The summed E-state index contributed by atoms with van der Waals surface area (Å²) in [7, 11) is 1.60. The Morgan fingerprint density at radius 3 is 2.67 bits per heavy atom. The predicted octanol–water partition coefficient (Wildman–Crippen LogP) is 5.11. The molecule has 0 saturated heterocycles. The number of carbonyl (C=O) groups excluding carboxylic acids is 1. The fraction of sp³-hybridized carbons (Fsp3) is 0.167. The van der Waals surface area contributed by atoms with Crippen LogP contribution >= 0.6 is 31.9 Å². The van der Waals surface area contributed by atoms with E-state index in [-0.39, 0.29) is 5.91 Å². The zero-order valence-corrected chi connectivity index (χ0v) is 16.3. The van der Waals surface area contributed by atoms with Crippen molar-refractivity contribution in [2.45, 2.75) is 6.92 Å². The van der Waals surface area contributed by atoms with Crippen molar-refractivity contribution in [1.29, 1.82) is 0 Å². The number of hydrogen-bond donors (Lipinski definition) is 1. The van der Waals surface area contributed by atoms with E-state index in [1.54, 1.807) is 7.11 Å². The number of benzene rings is 2. The molecule has 3 rings (SSSR count). The third-order valence-electron chi connectivity index (χ3n) is 3.65.